The lowest BCUT2D eigenvalue weighted by Gasteiger charge is -2.18. The van der Waals surface area contributed by atoms with Crippen LogP contribution in [0.4, 0.5) is 4.79 Å². The zero-order valence-corrected chi connectivity index (χ0v) is 12.8. The predicted molar refractivity (Wildman–Crippen MR) is 81.9 cm³/mol. The van der Waals surface area contributed by atoms with E-state index in [9.17, 15) is 9.90 Å². The smallest absolute Gasteiger partial charge is 0.315 e. The first kappa shape index (κ1) is 16.8. The van der Waals surface area contributed by atoms with E-state index >= 15 is 0 Å². The number of carbonyl (C=O) groups is 1. The summed E-state index contributed by atoms with van der Waals surface area (Å²) in [5, 5.41) is 15.7. The van der Waals surface area contributed by atoms with Crippen LogP contribution in [-0.2, 0) is 0 Å². The minimum absolute atomic E-state index is 0.0650. The summed E-state index contributed by atoms with van der Waals surface area (Å²) < 4.78 is 0. The summed E-state index contributed by atoms with van der Waals surface area (Å²) in [6.45, 7) is 4.39. The van der Waals surface area contributed by atoms with Gasteiger partial charge in [-0.05, 0) is 37.0 Å². The van der Waals surface area contributed by atoms with Gasteiger partial charge in [0.05, 0.1) is 12.1 Å². The maximum absolute atomic E-state index is 11.8. The standard InChI is InChI=1S/C15H23ClN2O2/c1-3-13(19)8-9-17-15(20)18-14(4-2)11-6-5-7-12(16)10-11/h5-7,10,13-14,19H,3-4,8-9H2,1-2H3,(H2,17,18,20). The van der Waals surface area contributed by atoms with E-state index in [1.807, 2.05) is 38.1 Å². The number of hydrogen-bond acceptors (Lipinski definition) is 2. The van der Waals surface area contributed by atoms with E-state index in [1.165, 1.54) is 0 Å². The lowest BCUT2D eigenvalue weighted by molar-refractivity contribution is 0.160. The predicted octanol–water partition coefficient (Wildman–Crippen LogP) is 3.25. The van der Waals surface area contributed by atoms with Crippen molar-refractivity contribution >= 4 is 17.6 Å². The van der Waals surface area contributed by atoms with Gasteiger partial charge in [0, 0.05) is 11.6 Å². The third kappa shape index (κ3) is 5.80. The molecule has 20 heavy (non-hydrogen) atoms. The van der Waals surface area contributed by atoms with Crippen molar-refractivity contribution < 1.29 is 9.90 Å². The van der Waals surface area contributed by atoms with Crippen molar-refractivity contribution in [1.82, 2.24) is 10.6 Å². The van der Waals surface area contributed by atoms with Gasteiger partial charge in [0.2, 0.25) is 0 Å². The zero-order chi connectivity index (χ0) is 15.0. The van der Waals surface area contributed by atoms with Gasteiger partial charge in [0.15, 0.2) is 0 Å². The quantitative estimate of drug-likeness (QED) is 0.723. The minimum Gasteiger partial charge on any atom is -0.393 e. The first-order chi connectivity index (χ1) is 9.56. The second-order valence-corrected chi connectivity index (χ2v) is 5.20. The molecule has 1 rings (SSSR count). The Kier molecular flexibility index (Phi) is 7.41. The molecule has 0 aliphatic rings. The van der Waals surface area contributed by atoms with Gasteiger partial charge in [0.1, 0.15) is 0 Å². The molecule has 0 fully saturated rings. The summed E-state index contributed by atoms with van der Waals surface area (Å²) >= 11 is 5.96. The number of aliphatic hydroxyl groups excluding tert-OH is 1. The molecule has 1 aromatic rings. The maximum atomic E-state index is 11.8. The number of hydrogen-bond donors (Lipinski definition) is 3. The lowest BCUT2D eigenvalue weighted by atomic mass is 10.1. The maximum Gasteiger partial charge on any atom is 0.315 e. The van der Waals surface area contributed by atoms with Crippen molar-refractivity contribution in [2.75, 3.05) is 6.54 Å². The molecular weight excluding hydrogens is 276 g/mol. The van der Waals surface area contributed by atoms with Crippen LogP contribution in [0, 0.1) is 0 Å². The van der Waals surface area contributed by atoms with Gasteiger partial charge >= 0.3 is 6.03 Å². The van der Waals surface area contributed by atoms with Crippen LogP contribution in [0.15, 0.2) is 24.3 Å². The number of carbonyl (C=O) groups excluding carboxylic acids is 1. The van der Waals surface area contributed by atoms with E-state index in [4.69, 9.17) is 11.6 Å². The summed E-state index contributed by atoms with van der Waals surface area (Å²) in [4.78, 5) is 11.8. The first-order valence-corrected chi connectivity index (χ1v) is 7.42. The molecule has 5 heteroatoms. The van der Waals surface area contributed by atoms with Gasteiger partial charge in [-0.2, -0.15) is 0 Å². The molecule has 0 radical (unpaired) electrons. The molecule has 112 valence electrons. The third-order valence-corrected chi connectivity index (χ3v) is 3.43. The summed E-state index contributed by atoms with van der Waals surface area (Å²) in [5.74, 6) is 0. The molecule has 0 aliphatic heterocycles. The second kappa shape index (κ2) is 8.82. The highest BCUT2D eigenvalue weighted by atomic mass is 35.5. The van der Waals surface area contributed by atoms with E-state index in [-0.39, 0.29) is 18.2 Å². The Morgan fingerprint density at radius 3 is 2.70 bits per heavy atom. The molecule has 2 amide bonds. The number of urea groups is 1. The van der Waals surface area contributed by atoms with Gasteiger partial charge in [-0.15, -0.1) is 0 Å². The van der Waals surface area contributed by atoms with Crippen LogP contribution in [0.1, 0.15) is 44.7 Å². The molecule has 0 heterocycles. The van der Waals surface area contributed by atoms with Crippen LogP contribution < -0.4 is 10.6 Å². The molecule has 3 N–H and O–H groups in total. The van der Waals surface area contributed by atoms with Gasteiger partial charge < -0.3 is 15.7 Å². The number of benzene rings is 1. The van der Waals surface area contributed by atoms with Crippen molar-refractivity contribution in [2.45, 2.75) is 45.3 Å². The minimum atomic E-state index is -0.356. The highest BCUT2D eigenvalue weighted by Gasteiger charge is 2.12. The van der Waals surface area contributed by atoms with Gasteiger partial charge in [-0.1, -0.05) is 37.6 Å². The fourth-order valence-corrected chi connectivity index (χ4v) is 2.11. The molecule has 1 aromatic carbocycles. The van der Waals surface area contributed by atoms with E-state index < -0.39 is 0 Å². The Morgan fingerprint density at radius 1 is 1.35 bits per heavy atom. The molecule has 4 nitrogen and oxygen atoms in total. The summed E-state index contributed by atoms with van der Waals surface area (Å²) in [7, 11) is 0. The Bertz CT molecular complexity index is 426. The Labute approximate surface area is 125 Å². The number of halogens is 1. The first-order valence-electron chi connectivity index (χ1n) is 7.04. The molecule has 2 atom stereocenters. The van der Waals surface area contributed by atoms with Crippen LogP contribution in [0.25, 0.3) is 0 Å². The number of aliphatic hydroxyl groups is 1. The Balaban J connectivity index is 2.46. The monoisotopic (exact) mass is 298 g/mol. The fourth-order valence-electron chi connectivity index (χ4n) is 1.91. The summed E-state index contributed by atoms with van der Waals surface area (Å²) in [6, 6.07) is 7.20. The molecular formula is C15H23ClN2O2. The van der Waals surface area contributed by atoms with Gasteiger partial charge in [-0.3, -0.25) is 0 Å². The van der Waals surface area contributed by atoms with E-state index in [0.717, 1.165) is 12.0 Å². The van der Waals surface area contributed by atoms with Crippen molar-refractivity contribution in [3.8, 4) is 0 Å². The molecule has 0 aromatic heterocycles. The summed E-state index contributed by atoms with van der Waals surface area (Å²) in [6.07, 6.45) is 1.69. The van der Waals surface area contributed by atoms with Crippen LogP contribution in [0.2, 0.25) is 5.02 Å². The Morgan fingerprint density at radius 2 is 2.10 bits per heavy atom. The molecule has 0 saturated heterocycles. The average Bonchev–Trinajstić information content (AvgIpc) is 2.44. The third-order valence-electron chi connectivity index (χ3n) is 3.20. The van der Waals surface area contributed by atoms with Crippen LogP contribution >= 0.6 is 11.6 Å². The van der Waals surface area contributed by atoms with Crippen molar-refractivity contribution in [3.05, 3.63) is 34.9 Å². The van der Waals surface area contributed by atoms with Crippen molar-refractivity contribution in [1.29, 1.82) is 0 Å². The molecule has 0 aliphatic carbocycles. The van der Waals surface area contributed by atoms with E-state index in [1.54, 1.807) is 0 Å². The lowest BCUT2D eigenvalue weighted by Crippen LogP contribution is -2.39. The summed E-state index contributed by atoms with van der Waals surface area (Å²) in [5.41, 5.74) is 0.990. The molecule has 0 saturated carbocycles. The van der Waals surface area contributed by atoms with Crippen LogP contribution in [0.5, 0.6) is 0 Å². The molecule has 0 bridgehead atoms. The topological polar surface area (TPSA) is 61.4 Å². The van der Waals surface area contributed by atoms with E-state index in [0.29, 0.717) is 24.4 Å². The normalized spacial score (nSPS) is 13.6. The number of rotatable bonds is 7. The van der Waals surface area contributed by atoms with Crippen molar-refractivity contribution in [2.24, 2.45) is 0 Å². The van der Waals surface area contributed by atoms with Crippen LogP contribution in [-0.4, -0.2) is 23.8 Å². The van der Waals surface area contributed by atoms with Crippen LogP contribution in [0.3, 0.4) is 0 Å². The SMILES string of the molecule is CCC(O)CCNC(=O)NC(CC)c1cccc(Cl)c1. The number of nitrogens with one attached hydrogen (secondary N) is 2. The Hall–Kier alpha value is -1.26. The number of amides is 2. The molecule has 0 spiro atoms. The van der Waals surface area contributed by atoms with E-state index in [2.05, 4.69) is 10.6 Å². The van der Waals surface area contributed by atoms with Gasteiger partial charge in [0.25, 0.3) is 0 Å². The highest BCUT2D eigenvalue weighted by molar-refractivity contribution is 6.30. The largest absolute Gasteiger partial charge is 0.393 e. The molecule has 2 unspecified atom stereocenters. The average molecular weight is 299 g/mol. The zero-order valence-electron chi connectivity index (χ0n) is 12.0. The second-order valence-electron chi connectivity index (χ2n) is 4.77. The van der Waals surface area contributed by atoms with Crippen molar-refractivity contribution in [3.63, 3.8) is 0 Å². The fraction of sp³-hybridized carbons (Fsp3) is 0.533. The van der Waals surface area contributed by atoms with Gasteiger partial charge in [-0.25, -0.2) is 4.79 Å². The highest BCUT2D eigenvalue weighted by Crippen LogP contribution is 2.20.